The molecule has 0 spiro atoms. The molecular formula is C31H35ClN2O. The smallest absolute Gasteiger partial charge is 0.183 e. The number of nitrogens with zero attached hydrogens (tertiary/aromatic N) is 2. The van der Waals surface area contributed by atoms with Gasteiger partial charge in [0.1, 0.15) is 5.69 Å². The molecule has 1 heterocycles. The van der Waals surface area contributed by atoms with Gasteiger partial charge in [-0.15, -0.1) is 0 Å². The van der Waals surface area contributed by atoms with Gasteiger partial charge in [0.25, 0.3) is 0 Å². The molecule has 0 radical (unpaired) electrons. The summed E-state index contributed by atoms with van der Waals surface area (Å²) in [6.07, 6.45) is 6.34. The van der Waals surface area contributed by atoms with Gasteiger partial charge in [-0.2, -0.15) is 5.10 Å². The van der Waals surface area contributed by atoms with E-state index >= 15 is 0 Å². The maximum atomic E-state index is 13.6. The lowest BCUT2D eigenvalue weighted by molar-refractivity contribution is -0.106. The van der Waals surface area contributed by atoms with Crippen LogP contribution in [0, 0.1) is 37.0 Å². The van der Waals surface area contributed by atoms with Crippen molar-refractivity contribution in [3.05, 3.63) is 74.9 Å². The molecule has 3 saturated carbocycles. The number of carbonyl (C=O) groups excluding carboxylic acids is 1. The molecule has 3 atom stereocenters. The molecule has 0 aliphatic heterocycles. The summed E-state index contributed by atoms with van der Waals surface area (Å²) in [5.41, 5.74) is 9.20. The van der Waals surface area contributed by atoms with Crippen molar-refractivity contribution in [2.75, 3.05) is 0 Å². The molecular weight excluding hydrogens is 452 g/mol. The third kappa shape index (κ3) is 3.78. The van der Waals surface area contributed by atoms with Crippen molar-refractivity contribution in [2.24, 2.45) is 23.2 Å². The van der Waals surface area contributed by atoms with Gasteiger partial charge >= 0.3 is 0 Å². The summed E-state index contributed by atoms with van der Waals surface area (Å²) >= 11 is 6.54. The molecule has 4 heteroatoms. The van der Waals surface area contributed by atoms with Crippen LogP contribution in [0.3, 0.4) is 0 Å². The highest BCUT2D eigenvalue weighted by atomic mass is 35.5. The number of aromatic nitrogens is 2. The van der Waals surface area contributed by atoms with Gasteiger partial charge in [-0.1, -0.05) is 61.3 Å². The Morgan fingerprint density at radius 1 is 1.14 bits per heavy atom. The molecule has 1 aromatic heterocycles. The van der Waals surface area contributed by atoms with Crippen LogP contribution in [-0.4, -0.2) is 15.6 Å². The zero-order chi connectivity index (χ0) is 24.5. The third-order valence-corrected chi connectivity index (χ3v) is 9.93. The summed E-state index contributed by atoms with van der Waals surface area (Å²) in [5, 5.41) is 5.72. The lowest BCUT2D eigenvalue weighted by Crippen LogP contribution is -2.52. The van der Waals surface area contributed by atoms with Crippen LogP contribution in [0.4, 0.5) is 0 Å². The molecule has 35 heavy (non-hydrogen) atoms. The van der Waals surface area contributed by atoms with Crippen molar-refractivity contribution in [3.8, 4) is 11.3 Å². The quantitative estimate of drug-likeness (QED) is 0.260. The van der Waals surface area contributed by atoms with Gasteiger partial charge in [-0.05, 0) is 85.5 Å². The largest absolute Gasteiger partial charge is 0.292 e. The summed E-state index contributed by atoms with van der Waals surface area (Å²) in [7, 11) is 0. The van der Waals surface area contributed by atoms with E-state index in [0.29, 0.717) is 30.0 Å². The monoisotopic (exact) mass is 486 g/mol. The summed E-state index contributed by atoms with van der Waals surface area (Å²) < 4.78 is 2.05. The van der Waals surface area contributed by atoms with Gasteiger partial charge in [0.05, 0.1) is 12.2 Å². The highest BCUT2D eigenvalue weighted by Gasteiger charge is 2.53. The Morgan fingerprint density at radius 2 is 1.91 bits per heavy atom. The Kier molecular flexibility index (Phi) is 5.49. The Bertz CT molecular complexity index is 1310. The van der Waals surface area contributed by atoms with Crippen LogP contribution in [0.25, 0.3) is 11.3 Å². The average Bonchev–Trinajstić information content (AvgIpc) is 3.36. The Labute approximate surface area is 213 Å². The number of carbonyl (C=O) groups is 1. The van der Waals surface area contributed by atoms with Crippen LogP contribution in [0.5, 0.6) is 0 Å². The number of rotatable bonds is 6. The maximum absolute atomic E-state index is 13.6. The highest BCUT2D eigenvalue weighted by Crippen LogP contribution is 2.62. The molecule has 4 aliphatic rings. The molecule has 2 bridgehead atoms. The van der Waals surface area contributed by atoms with Gasteiger partial charge < -0.3 is 0 Å². The van der Waals surface area contributed by atoms with E-state index in [1.807, 2.05) is 11.6 Å². The lowest BCUT2D eigenvalue weighted by Gasteiger charge is -2.60. The summed E-state index contributed by atoms with van der Waals surface area (Å²) in [6, 6.07) is 12.8. The zero-order valence-corrected chi connectivity index (χ0v) is 22.1. The first kappa shape index (κ1) is 23.0. The molecule has 3 fully saturated rings. The predicted octanol–water partition coefficient (Wildman–Crippen LogP) is 7.81. The minimum absolute atomic E-state index is 0.207. The van der Waals surface area contributed by atoms with Crippen molar-refractivity contribution < 1.29 is 4.79 Å². The van der Waals surface area contributed by atoms with Crippen LogP contribution in [0.15, 0.2) is 36.4 Å². The third-order valence-electron chi connectivity index (χ3n) is 9.52. The van der Waals surface area contributed by atoms with E-state index in [2.05, 4.69) is 57.2 Å². The molecule has 0 N–H and O–H groups in total. The Balaban J connectivity index is 1.30. The van der Waals surface area contributed by atoms with Gasteiger partial charge in [0.2, 0.25) is 0 Å². The second-order valence-electron chi connectivity index (χ2n) is 11.9. The van der Waals surface area contributed by atoms with E-state index < -0.39 is 0 Å². The minimum Gasteiger partial charge on any atom is -0.292 e. The molecule has 0 saturated heterocycles. The van der Waals surface area contributed by atoms with Gasteiger partial charge in [-0.3, -0.25) is 9.48 Å². The number of Topliss-reactive ketones (excluding diaryl/α,β-unsaturated/α-hetero) is 1. The van der Waals surface area contributed by atoms with E-state index in [0.717, 1.165) is 52.1 Å². The second kappa shape index (κ2) is 8.34. The Hall–Kier alpha value is -2.39. The van der Waals surface area contributed by atoms with Crippen LogP contribution < -0.4 is 0 Å². The maximum Gasteiger partial charge on any atom is 0.183 e. The van der Waals surface area contributed by atoms with Crippen LogP contribution in [0.2, 0.25) is 5.02 Å². The second-order valence-corrected chi connectivity index (χ2v) is 12.3. The number of hydrogen-bond acceptors (Lipinski definition) is 2. The van der Waals surface area contributed by atoms with E-state index in [-0.39, 0.29) is 5.78 Å². The predicted molar refractivity (Wildman–Crippen MR) is 142 cm³/mol. The van der Waals surface area contributed by atoms with E-state index in [1.165, 1.54) is 36.0 Å². The van der Waals surface area contributed by atoms with Gasteiger partial charge in [0, 0.05) is 29.0 Å². The minimum atomic E-state index is 0.207. The van der Waals surface area contributed by atoms with Crippen molar-refractivity contribution in [1.82, 2.24) is 9.78 Å². The fraction of sp³-hybridized carbons (Fsp3) is 0.484. The van der Waals surface area contributed by atoms with Crippen molar-refractivity contribution in [3.63, 3.8) is 0 Å². The number of benzene rings is 2. The van der Waals surface area contributed by atoms with Crippen molar-refractivity contribution in [2.45, 2.75) is 72.8 Å². The molecule has 3 aromatic rings. The number of ketones is 1. The average molecular weight is 487 g/mol. The van der Waals surface area contributed by atoms with Crippen molar-refractivity contribution >= 4 is 17.4 Å². The number of halogens is 1. The fourth-order valence-electron chi connectivity index (χ4n) is 7.21. The molecule has 3 unspecified atom stereocenters. The topological polar surface area (TPSA) is 34.9 Å². The first-order valence-corrected chi connectivity index (χ1v) is 13.6. The summed E-state index contributed by atoms with van der Waals surface area (Å²) in [4.78, 5) is 13.6. The van der Waals surface area contributed by atoms with Crippen LogP contribution >= 0.6 is 11.6 Å². The molecule has 2 aromatic carbocycles. The zero-order valence-electron chi connectivity index (χ0n) is 21.3. The highest BCUT2D eigenvalue weighted by molar-refractivity contribution is 6.31. The molecule has 3 nitrogen and oxygen atoms in total. The number of fused-ring (bicyclic) bond motifs is 5. The van der Waals surface area contributed by atoms with Gasteiger partial charge in [-0.25, -0.2) is 0 Å². The first-order chi connectivity index (χ1) is 16.7. The lowest BCUT2D eigenvalue weighted by atomic mass is 9.45. The normalized spacial score (nSPS) is 23.5. The molecule has 0 amide bonds. The first-order valence-electron chi connectivity index (χ1n) is 13.2. The molecule has 4 aliphatic carbocycles. The van der Waals surface area contributed by atoms with Crippen LogP contribution in [0.1, 0.15) is 84.3 Å². The fourth-order valence-corrected chi connectivity index (χ4v) is 7.38. The van der Waals surface area contributed by atoms with E-state index in [1.54, 1.807) is 0 Å². The SMILES string of the molecule is Cc1ccc(Cn2nc(C(=O)CCC3CCC4CC3C4(C)C)c3c2-c2cc(Cl)c(C)cc2C3)cc1. The van der Waals surface area contributed by atoms with E-state index in [4.69, 9.17) is 16.7 Å². The summed E-state index contributed by atoms with van der Waals surface area (Å²) in [5.74, 6) is 2.57. The standard InChI is InChI=1S/C31H35ClN2O/c1-18-5-7-20(8-6-18)17-34-30-24-16-27(32)19(2)13-22(24)14-25(30)29(33-34)28(35)12-10-21-9-11-23-15-26(21)31(23,3)4/h5-8,13,16,21,23,26H,9-12,14-15,17H2,1-4H3. The molecule has 7 rings (SSSR count). The summed E-state index contributed by atoms with van der Waals surface area (Å²) in [6.45, 7) is 9.67. The van der Waals surface area contributed by atoms with Crippen molar-refractivity contribution in [1.29, 1.82) is 0 Å². The number of aryl methyl sites for hydroxylation is 2. The Morgan fingerprint density at radius 3 is 2.63 bits per heavy atom. The van der Waals surface area contributed by atoms with Gasteiger partial charge in [0.15, 0.2) is 5.78 Å². The molecule has 182 valence electrons. The number of hydrogen-bond donors (Lipinski definition) is 0. The van der Waals surface area contributed by atoms with E-state index in [9.17, 15) is 4.79 Å². The van der Waals surface area contributed by atoms with Crippen LogP contribution in [-0.2, 0) is 13.0 Å².